The molecule has 2 atom stereocenters. The summed E-state index contributed by atoms with van der Waals surface area (Å²) in [5, 5.41) is 0. The summed E-state index contributed by atoms with van der Waals surface area (Å²) in [6.45, 7) is 11.7. The second kappa shape index (κ2) is 12.7. The Morgan fingerprint density at radius 2 is 1.37 bits per heavy atom. The van der Waals surface area contributed by atoms with Crippen LogP contribution in [0.5, 0.6) is 11.5 Å². The van der Waals surface area contributed by atoms with Crippen LogP contribution in [-0.2, 0) is 30.3 Å². The molecule has 0 fully saturated rings. The third-order valence-corrected chi connectivity index (χ3v) is 5.17. The fourth-order valence-corrected chi connectivity index (χ4v) is 2.86. The van der Waals surface area contributed by atoms with Crippen LogP contribution in [0.25, 0.3) is 0 Å². The largest absolute Gasteiger partial charge is 0.458 e. The SMILES string of the molecule is C[C@@H](COC(=O)c1ccccc1)OC(=O)[C@@H](N)Cc1ccc(OC(=O)C(C)(C)C)c(OC(=O)C(C)(C)C)c1. The minimum absolute atomic E-state index is 0.0433. The average Bonchev–Trinajstić information content (AvgIpc) is 2.83. The highest BCUT2D eigenvalue weighted by atomic mass is 16.6. The molecule has 0 aliphatic heterocycles. The summed E-state index contributed by atoms with van der Waals surface area (Å²) < 4.78 is 21.5. The van der Waals surface area contributed by atoms with E-state index in [1.165, 1.54) is 12.1 Å². The Balaban J connectivity index is 2.06. The molecule has 9 nitrogen and oxygen atoms in total. The van der Waals surface area contributed by atoms with Crippen molar-refractivity contribution in [2.75, 3.05) is 6.61 Å². The summed E-state index contributed by atoms with van der Waals surface area (Å²) >= 11 is 0. The van der Waals surface area contributed by atoms with Gasteiger partial charge in [0.15, 0.2) is 11.5 Å². The summed E-state index contributed by atoms with van der Waals surface area (Å²) in [4.78, 5) is 49.6. The van der Waals surface area contributed by atoms with Crippen LogP contribution in [-0.4, -0.2) is 42.6 Å². The summed E-state index contributed by atoms with van der Waals surface area (Å²) in [6, 6.07) is 12.0. The van der Waals surface area contributed by atoms with E-state index in [0.717, 1.165) is 0 Å². The van der Waals surface area contributed by atoms with Gasteiger partial charge in [0.1, 0.15) is 18.8 Å². The Morgan fingerprint density at radius 1 is 0.816 bits per heavy atom. The fraction of sp³-hybridized carbons (Fsp3) is 0.448. The molecule has 0 bridgehead atoms. The second-order valence-corrected chi connectivity index (χ2v) is 11.1. The molecule has 2 N–H and O–H groups in total. The van der Waals surface area contributed by atoms with E-state index >= 15 is 0 Å². The molecule has 0 radical (unpaired) electrons. The highest BCUT2D eigenvalue weighted by molar-refractivity contribution is 5.89. The number of carbonyl (C=O) groups excluding carboxylic acids is 4. The van der Waals surface area contributed by atoms with Gasteiger partial charge in [0, 0.05) is 0 Å². The minimum atomic E-state index is -1.04. The van der Waals surface area contributed by atoms with E-state index in [-0.39, 0.29) is 24.5 Å². The Bertz CT molecular complexity index is 1150. The molecule has 0 spiro atoms. The van der Waals surface area contributed by atoms with Gasteiger partial charge in [0.05, 0.1) is 16.4 Å². The van der Waals surface area contributed by atoms with Gasteiger partial charge in [-0.3, -0.25) is 14.4 Å². The lowest BCUT2D eigenvalue weighted by molar-refractivity contribution is -0.151. The maximum absolute atomic E-state index is 12.5. The van der Waals surface area contributed by atoms with Crippen LogP contribution in [0, 0.1) is 10.8 Å². The van der Waals surface area contributed by atoms with Gasteiger partial charge in [0.2, 0.25) is 0 Å². The van der Waals surface area contributed by atoms with Crippen molar-refractivity contribution in [1.29, 1.82) is 0 Å². The van der Waals surface area contributed by atoms with Crippen LogP contribution in [0.15, 0.2) is 48.5 Å². The van der Waals surface area contributed by atoms with Gasteiger partial charge in [-0.15, -0.1) is 0 Å². The van der Waals surface area contributed by atoms with Gasteiger partial charge in [-0.25, -0.2) is 4.79 Å². The lowest BCUT2D eigenvalue weighted by atomic mass is 9.97. The summed E-state index contributed by atoms with van der Waals surface area (Å²) in [5.41, 5.74) is 5.44. The van der Waals surface area contributed by atoms with E-state index in [4.69, 9.17) is 24.7 Å². The van der Waals surface area contributed by atoms with Crippen molar-refractivity contribution >= 4 is 23.9 Å². The maximum atomic E-state index is 12.5. The van der Waals surface area contributed by atoms with Gasteiger partial charge in [-0.2, -0.15) is 0 Å². The topological polar surface area (TPSA) is 131 Å². The monoisotopic (exact) mass is 527 g/mol. The zero-order valence-corrected chi connectivity index (χ0v) is 23.0. The molecule has 2 rings (SSSR count). The first-order valence-corrected chi connectivity index (χ1v) is 12.3. The lowest BCUT2D eigenvalue weighted by Gasteiger charge is -2.21. The summed E-state index contributed by atoms with van der Waals surface area (Å²) in [7, 11) is 0. The summed E-state index contributed by atoms with van der Waals surface area (Å²) in [5.74, 6) is -2.11. The molecule has 9 heteroatoms. The van der Waals surface area contributed by atoms with Crippen molar-refractivity contribution in [3.05, 3.63) is 59.7 Å². The first kappa shape index (κ1) is 30.5. The normalized spacial score (nSPS) is 13.2. The molecule has 0 heterocycles. The highest BCUT2D eigenvalue weighted by Gasteiger charge is 2.29. The molecule has 0 aliphatic carbocycles. The van der Waals surface area contributed by atoms with E-state index in [9.17, 15) is 19.2 Å². The van der Waals surface area contributed by atoms with E-state index in [2.05, 4.69) is 0 Å². The van der Waals surface area contributed by atoms with Crippen molar-refractivity contribution in [1.82, 2.24) is 0 Å². The van der Waals surface area contributed by atoms with Gasteiger partial charge in [-0.05, 0) is 84.7 Å². The number of carbonyl (C=O) groups is 4. The number of esters is 4. The number of benzene rings is 2. The maximum Gasteiger partial charge on any atom is 0.338 e. The standard InChI is InChI=1S/C29H37NO8/c1-18(17-35-24(31)20-11-9-8-10-12-20)36-25(32)21(30)15-19-13-14-22(37-26(33)28(2,3)4)23(16-19)38-27(34)29(5,6)7/h8-14,16,18,21H,15,17,30H2,1-7H3/t18-,21-/m0/s1. The van der Waals surface area contributed by atoms with Crippen LogP contribution in [0.1, 0.15) is 64.4 Å². The predicted molar refractivity (Wildman–Crippen MR) is 141 cm³/mol. The van der Waals surface area contributed by atoms with Gasteiger partial charge in [-0.1, -0.05) is 24.3 Å². The molecule has 0 unspecified atom stereocenters. The molecule has 38 heavy (non-hydrogen) atoms. The lowest BCUT2D eigenvalue weighted by Crippen LogP contribution is -2.37. The molecule has 0 saturated heterocycles. The van der Waals surface area contributed by atoms with Crippen LogP contribution in [0.3, 0.4) is 0 Å². The molecular formula is C29H37NO8. The molecule has 0 aliphatic rings. The number of nitrogens with two attached hydrogens (primary N) is 1. The predicted octanol–water partition coefficient (Wildman–Crippen LogP) is 4.25. The third-order valence-electron chi connectivity index (χ3n) is 5.17. The first-order chi connectivity index (χ1) is 17.6. The van der Waals surface area contributed by atoms with Gasteiger partial charge in [0.25, 0.3) is 0 Å². The van der Waals surface area contributed by atoms with E-state index < -0.39 is 46.9 Å². The van der Waals surface area contributed by atoms with Crippen molar-refractivity contribution in [3.8, 4) is 11.5 Å². The van der Waals surface area contributed by atoms with Crippen molar-refractivity contribution in [3.63, 3.8) is 0 Å². The minimum Gasteiger partial charge on any atom is -0.458 e. The Labute approximate surface area is 223 Å². The Hall–Kier alpha value is -3.72. The highest BCUT2D eigenvalue weighted by Crippen LogP contribution is 2.33. The van der Waals surface area contributed by atoms with E-state index in [0.29, 0.717) is 11.1 Å². The van der Waals surface area contributed by atoms with Crippen LogP contribution in [0.2, 0.25) is 0 Å². The van der Waals surface area contributed by atoms with Gasteiger partial charge >= 0.3 is 23.9 Å². The number of rotatable bonds is 9. The van der Waals surface area contributed by atoms with Crippen molar-refractivity contribution in [2.24, 2.45) is 16.6 Å². The van der Waals surface area contributed by atoms with Crippen LogP contribution in [0.4, 0.5) is 0 Å². The number of ether oxygens (including phenoxy) is 4. The second-order valence-electron chi connectivity index (χ2n) is 11.1. The van der Waals surface area contributed by atoms with Crippen LogP contribution < -0.4 is 15.2 Å². The summed E-state index contributed by atoms with van der Waals surface area (Å²) in [6.07, 6.45) is -0.660. The molecular weight excluding hydrogens is 490 g/mol. The number of hydrogen-bond acceptors (Lipinski definition) is 9. The zero-order chi connectivity index (χ0) is 28.7. The van der Waals surface area contributed by atoms with Gasteiger partial charge < -0.3 is 24.7 Å². The Kier molecular flexibility index (Phi) is 10.2. The number of hydrogen-bond donors (Lipinski definition) is 1. The average molecular weight is 528 g/mol. The Morgan fingerprint density at radius 3 is 1.92 bits per heavy atom. The van der Waals surface area contributed by atoms with Crippen molar-refractivity contribution in [2.45, 2.75) is 67.0 Å². The van der Waals surface area contributed by atoms with Crippen LogP contribution >= 0.6 is 0 Å². The third kappa shape index (κ3) is 9.30. The molecule has 2 aromatic rings. The smallest absolute Gasteiger partial charge is 0.338 e. The van der Waals surface area contributed by atoms with Crippen molar-refractivity contribution < 1.29 is 38.1 Å². The first-order valence-electron chi connectivity index (χ1n) is 12.3. The molecule has 0 saturated carbocycles. The molecule has 2 aromatic carbocycles. The molecule has 206 valence electrons. The van der Waals surface area contributed by atoms with E-state index in [1.807, 2.05) is 0 Å². The zero-order valence-electron chi connectivity index (χ0n) is 23.0. The molecule has 0 amide bonds. The quantitative estimate of drug-likeness (QED) is 0.375. The fourth-order valence-electron chi connectivity index (χ4n) is 2.86. The van der Waals surface area contributed by atoms with E-state index in [1.54, 1.807) is 84.9 Å². The molecule has 0 aromatic heterocycles.